The number of aliphatic hydroxyl groups is 3. The van der Waals surface area contributed by atoms with Gasteiger partial charge < -0.3 is 0 Å². The first kappa shape index (κ1) is 14.1. The molecule has 1 aliphatic heterocycles. The summed E-state index contributed by atoms with van der Waals surface area (Å²) in [6.45, 7) is 3.76. The van der Waals surface area contributed by atoms with Crippen molar-refractivity contribution in [2.24, 2.45) is 0 Å². The predicted octanol–water partition coefficient (Wildman–Crippen LogP) is -0.732. The molecule has 0 spiro atoms. The van der Waals surface area contributed by atoms with E-state index in [4.69, 9.17) is 9.84 Å². The van der Waals surface area contributed by atoms with Crippen LogP contribution in [-0.4, -0.2) is 69.9 Å². The molecule has 6 heteroatoms. The molecule has 76 valence electrons. The molecule has 1 heterocycles. The zero-order valence-corrected chi connectivity index (χ0v) is 13.1. The Morgan fingerprint density at radius 3 is 2.08 bits per heavy atom. The van der Waals surface area contributed by atoms with E-state index in [0.29, 0.717) is 24.3 Å². The maximum absolute atomic E-state index is 9.28. The van der Waals surface area contributed by atoms with E-state index < -0.39 is 18.3 Å². The third kappa shape index (κ3) is 3.63. The van der Waals surface area contributed by atoms with E-state index in [9.17, 15) is 10.2 Å². The van der Waals surface area contributed by atoms with Crippen LogP contribution in [0.1, 0.15) is 13.8 Å². The molecule has 0 bridgehead atoms. The second kappa shape index (κ2) is 7.41. The Morgan fingerprint density at radius 1 is 1.31 bits per heavy atom. The van der Waals surface area contributed by atoms with Gasteiger partial charge in [0.1, 0.15) is 0 Å². The number of aliphatic hydroxyl groups excluding tert-OH is 3. The van der Waals surface area contributed by atoms with Crippen LogP contribution in [0.3, 0.4) is 0 Å². The van der Waals surface area contributed by atoms with Crippen molar-refractivity contribution in [1.82, 2.24) is 0 Å². The van der Waals surface area contributed by atoms with Gasteiger partial charge in [-0.15, -0.1) is 0 Å². The predicted molar refractivity (Wildman–Crippen MR) is 52.5 cm³/mol. The van der Waals surface area contributed by atoms with Crippen LogP contribution < -0.4 is 0 Å². The minimum absolute atomic E-state index is 0.236. The molecule has 4 atom stereocenters. The zero-order valence-electron chi connectivity index (χ0n) is 7.75. The van der Waals surface area contributed by atoms with Gasteiger partial charge in [-0.2, -0.15) is 0 Å². The van der Waals surface area contributed by atoms with Crippen LogP contribution in [0.4, 0.5) is 0 Å². The van der Waals surface area contributed by atoms with Crippen molar-refractivity contribution in [3.05, 3.63) is 0 Å². The standard InChI is InChI=1S/C5H10O4S.C2H6.Tl/c6-1-2-3(7)4(8)5(10)9-2;1-2;/h2-8,10H,1H2;1-2H3;/q;;+1/p-1. The monoisotopic (exact) mass is 400 g/mol. The van der Waals surface area contributed by atoms with Gasteiger partial charge in [0, 0.05) is 0 Å². The Morgan fingerprint density at radius 2 is 1.85 bits per heavy atom. The summed E-state index contributed by atoms with van der Waals surface area (Å²) in [5, 5.41) is 27.2. The molecule has 1 aliphatic rings. The van der Waals surface area contributed by atoms with Crippen LogP contribution in [0.25, 0.3) is 0 Å². The van der Waals surface area contributed by atoms with Gasteiger partial charge in [-0.1, -0.05) is 13.8 Å². The van der Waals surface area contributed by atoms with E-state index in [0.717, 1.165) is 0 Å². The van der Waals surface area contributed by atoms with E-state index in [1.165, 1.54) is 8.31 Å². The topological polar surface area (TPSA) is 69.9 Å². The Kier molecular flexibility index (Phi) is 8.04. The van der Waals surface area contributed by atoms with Crippen LogP contribution in [0, 0.1) is 0 Å². The van der Waals surface area contributed by atoms with Gasteiger partial charge in [-0.05, 0) is 0 Å². The summed E-state index contributed by atoms with van der Waals surface area (Å²) in [6.07, 6.45) is -2.39. The second-order valence-electron chi connectivity index (χ2n) is 2.34. The van der Waals surface area contributed by atoms with Crippen molar-refractivity contribution in [2.75, 3.05) is 6.61 Å². The number of hydrogen-bond acceptors (Lipinski definition) is 5. The van der Waals surface area contributed by atoms with Gasteiger partial charge in [0.15, 0.2) is 0 Å². The van der Waals surface area contributed by atoms with Crippen molar-refractivity contribution in [1.29, 1.82) is 0 Å². The molecular formula is C7H15O4STl. The van der Waals surface area contributed by atoms with Gasteiger partial charge in [0.25, 0.3) is 0 Å². The second-order valence-corrected chi connectivity index (χ2v) is 6.25. The first-order valence-corrected chi connectivity index (χ1v) is 10.6. The molecule has 0 aromatic rings. The molecule has 0 aliphatic carbocycles. The molecule has 13 heavy (non-hydrogen) atoms. The number of hydrogen-bond donors (Lipinski definition) is 3. The van der Waals surface area contributed by atoms with Crippen LogP contribution >= 0.6 is 8.31 Å². The minimum atomic E-state index is -0.934. The summed E-state index contributed by atoms with van der Waals surface area (Å²) in [6, 6.07) is 0. The molecule has 1 fully saturated rings. The van der Waals surface area contributed by atoms with Crippen molar-refractivity contribution >= 4 is 32.6 Å². The molecule has 1 saturated heterocycles. The molecule has 3 N–H and O–H groups in total. The molecule has 1 rings (SSSR count). The Hall–Kier alpha value is 1.11. The van der Waals surface area contributed by atoms with E-state index in [2.05, 4.69) is 0 Å². The summed E-state index contributed by atoms with van der Waals surface area (Å²) in [5.74, 6) is 0. The molecule has 4 nitrogen and oxygen atoms in total. The van der Waals surface area contributed by atoms with Gasteiger partial charge >= 0.3 is 83.0 Å². The van der Waals surface area contributed by atoms with Crippen LogP contribution in [0.2, 0.25) is 0 Å². The first-order chi connectivity index (χ1) is 6.20. The molecule has 0 radical (unpaired) electrons. The Bertz CT molecular complexity index is 120. The van der Waals surface area contributed by atoms with Crippen LogP contribution in [-0.2, 0) is 4.74 Å². The summed E-state index contributed by atoms with van der Waals surface area (Å²) in [5.41, 5.74) is -0.341. The molecular weight excluding hydrogens is 385 g/mol. The quantitative estimate of drug-likeness (QED) is 0.534. The average molecular weight is 400 g/mol. The molecule has 4 unspecified atom stereocenters. The van der Waals surface area contributed by atoms with Crippen molar-refractivity contribution in [2.45, 2.75) is 37.6 Å². The van der Waals surface area contributed by atoms with Gasteiger partial charge in [0.2, 0.25) is 0 Å². The van der Waals surface area contributed by atoms with E-state index in [1.807, 2.05) is 13.8 Å². The SMILES string of the molecule is CC.OCC1OC([S][Tl])C(O)C1O. The molecule has 0 aromatic carbocycles. The maximum atomic E-state index is 9.28. The number of ether oxygens (including phenoxy) is 1. The summed E-state index contributed by atoms with van der Waals surface area (Å²) in [4.78, 5) is 0. The zero-order chi connectivity index (χ0) is 10.4. The van der Waals surface area contributed by atoms with Crippen LogP contribution in [0.5, 0.6) is 0 Å². The Labute approximate surface area is 96.5 Å². The van der Waals surface area contributed by atoms with Gasteiger partial charge in [-0.3, -0.25) is 0 Å². The van der Waals surface area contributed by atoms with E-state index >= 15 is 0 Å². The Balaban J connectivity index is 0.000000671. The van der Waals surface area contributed by atoms with Crippen molar-refractivity contribution in [3.63, 3.8) is 0 Å². The van der Waals surface area contributed by atoms with E-state index in [1.54, 1.807) is 0 Å². The number of rotatable bonds is 2. The normalized spacial score (nSPS) is 38.2. The fourth-order valence-corrected chi connectivity index (χ4v) is 4.13. The third-order valence-electron chi connectivity index (χ3n) is 1.63. The average Bonchev–Trinajstić information content (AvgIpc) is 2.47. The fraction of sp³-hybridized carbons (Fsp3) is 1.00. The van der Waals surface area contributed by atoms with Crippen LogP contribution in [0.15, 0.2) is 0 Å². The van der Waals surface area contributed by atoms with Gasteiger partial charge in [-0.25, -0.2) is 0 Å². The first-order valence-electron chi connectivity index (χ1n) is 4.18. The fourth-order valence-electron chi connectivity index (χ4n) is 0.978. The van der Waals surface area contributed by atoms with Gasteiger partial charge in [0.05, 0.1) is 0 Å². The van der Waals surface area contributed by atoms with E-state index in [-0.39, 0.29) is 12.0 Å². The van der Waals surface area contributed by atoms with Crippen molar-refractivity contribution < 1.29 is 20.1 Å². The summed E-state index contributed by atoms with van der Waals surface area (Å²) in [7, 11) is 1.49. The van der Waals surface area contributed by atoms with Crippen molar-refractivity contribution in [3.8, 4) is 0 Å². The third-order valence-corrected chi connectivity index (χ3v) is 5.42. The molecule has 0 amide bonds. The molecule has 0 saturated carbocycles. The summed E-state index contributed by atoms with van der Waals surface area (Å²) < 4.78 is 5.14. The summed E-state index contributed by atoms with van der Waals surface area (Å²) >= 11 is 0.657. The molecule has 0 aromatic heterocycles.